The molecule has 2 fully saturated rings. The van der Waals surface area contributed by atoms with E-state index in [1.54, 1.807) is 6.07 Å². The zero-order valence-corrected chi connectivity index (χ0v) is 20.1. The lowest BCUT2D eigenvalue weighted by atomic mass is 9.84. The van der Waals surface area contributed by atoms with E-state index < -0.39 is 5.60 Å². The Hall–Kier alpha value is -1.66. The number of nitrogens with one attached hydrogen (secondary N) is 1. The second-order valence-corrected chi connectivity index (χ2v) is 10.3. The van der Waals surface area contributed by atoms with Crippen molar-refractivity contribution in [2.24, 2.45) is 5.92 Å². The number of hydrogen-bond donors (Lipinski definition) is 1. The van der Waals surface area contributed by atoms with Crippen molar-refractivity contribution in [1.82, 2.24) is 10.2 Å². The third-order valence-electron chi connectivity index (χ3n) is 5.94. The van der Waals surface area contributed by atoms with Crippen LogP contribution in [0.1, 0.15) is 52.9 Å². The van der Waals surface area contributed by atoms with E-state index in [2.05, 4.69) is 10.2 Å². The number of hydrogen-bond acceptors (Lipinski definition) is 4. The Bertz CT molecular complexity index is 781. The Balaban J connectivity index is 1.40. The number of carbonyl (C=O) groups excluding carboxylic acids is 2. The van der Waals surface area contributed by atoms with E-state index in [0.29, 0.717) is 35.5 Å². The van der Waals surface area contributed by atoms with Crippen LogP contribution in [0.25, 0.3) is 0 Å². The topological polar surface area (TPSA) is 61.9 Å². The van der Waals surface area contributed by atoms with Crippen LogP contribution in [-0.2, 0) is 9.53 Å². The molecule has 6 nitrogen and oxygen atoms in total. The van der Waals surface area contributed by atoms with E-state index in [9.17, 15) is 9.59 Å². The van der Waals surface area contributed by atoms with Gasteiger partial charge in [-0.2, -0.15) is 0 Å². The van der Waals surface area contributed by atoms with Crippen molar-refractivity contribution in [3.63, 3.8) is 0 Å². The van der Waals surface area contributed by atoms with Crippen molar-refractivity contribution in [3.8, 4) is 0 Å². The highest BCUT2D eigenvalue weighted by Gasteiger charge is 2.29. The van der Waals surface area contributed by atoms with Gasteiger partial charge in [-0.25, -0.2) is 4.79 Å². The van der Waals surface area contributed by atoms with Crippen LogP contribution in [0.2, 0.25) is 10.0 Å². The van der Waals surface area contributed by atoms with Crippen LogP contribution in [0.15, 0.2) is 18.2 Å². The summed E-state index contributed by atoms with van der Waals surface area (Å²) in [5.74, 6) is 0.602. The SMILES string of the molecule is CC(C)(C)OC(=O)NC1CCC(CC(=O)N2CCN(c3cccc(Cl)c3Cl)CC2)CC1. The smallest absolute Gasteiger partial charge is 0.407 e. The van der Waals surface area contributed by atoms with Crippen LogP contribution in [0.5, 0.6) is 0 Å². The van der Waals surface area contributed by atoms with Gasteiger partial charge in [-0.15, -0.1) is 0 Å². The van der Waals surface area contributed by atoms with Gasteiger partial charge in [0.2, 0.25) is 5.91 Å². The first-order valence-corrected chi connectivity index (χ1v) is 11.8. The fourth-order valence-electron chi connectivity index (χ4n) is 4.29. The first kappa shape index (κ1) is 24.0. The maximum Gasteiger partial charge on any atom is 0.407 e. The number of piperazine rings is 1. The molecule has 0 aromatic heterocycles. The maximum atomic E-state index is 12.8. The zero-order chi connectivity index (χ0) is 22.6. The average molecular weight is 470 g/mol. The molecule has 1 N–H and O–H groups in total. The van der Waals surface area contributed by atoms with Crippen LogP contribution in [0, 0.1) is 5.92 Å². The maximum absolute atomic E-state index is 12.8. The molecule has 1 aromatic rings. The van der Waals surface area contributed by atoms with E-state index in [0.717, 1.165) is 44.5 Å². The van der Waals surface area contributed by atoms with Crippen molar-refractivity contribution in [2.45, 2.75) is 64.5 Å². The lowest BCUT2D eigenvalue weighted by Gasteiger charge is -2.37. The molecule has 31 heavy (non-hydrogen) atoms. The van der Waals surface area contributed by atoms with Crippen LogP contribution in [-0.4, -0.2) is 54.7 Å². The Morgan fingerprint density at radius 3 is 2.32 bits per heavy atom. The molecule has 3 rings (SSSR count). The Morgan fingerprint density at radius 1 is 1.06 bits per heavy atom. The van der Waals surface area contributed by atoms with Gasteiger partial charge in [0, 0.05) is 38.6 Å². The van der Waals surface area contributed by atoms with Crippen LogP contribution >= 0.6 is 23.2 Å². The highest BCUT2D eigenvalue weighted by Crippen LogP contribution is 2.33. The first-order chi connectivity index (χ1) is 14.6. The standard InChI is InChI=1S/C23H33Cl2N3O3/c1-23(2,3)31-22(30)26-17-9-7-16(8-10-17)15-20(29)28-13-11-27(12-14-28)19-6-4-5-18(24)21(19)25/h4-6,16-17H,7-15H2,1-3H3,(H,26,30). The number of carbonyl (C=O) groups is 2. The molecular formula is C23H33Cl2N3O3. The minimum atomic E-state index is -0.490. The van der Waals surface area contributed by atoms with Crippen LogP contribution in [0.3, 0.4) is 0 Å². The predicted octanol–water partition coefficient (Wildman–Crippen LogP) is 5.12. The highest BCUT2D eigenvalue weighted by molar-refractivity contribution is 6.43. The normalized spacial score (nSPS) is 22.2. The van der Waals surface area contributed by atoms with Crippen molar-refractivity contribution in [3.05, 3.63) is 28.2 Å². The van der Waals surface area contributed by atoms with Crippen molar-refractivity contribution < 1.29 is 14.3 Å². The first-order valence-electron chi connectivity index (χ1n) is 11.1. The molecule has 0 radical (unpaired) electrons. The van der Waals surface area contributed by atoms with Crippen molar-refractivity contribution in [2.75, 3.05) is 31.1 Å². The number of alkyl carbamates (subject to hydrolysis) is 1. The number of rotatable bonds is 4. The number of halogens is 2. The van der Waals surface area contributed by atoms with E-state index in [1.165, 1.54) is 0 Å². The Morgan fingerprint density at radius 2 is 1.71 bits per heavy atom. The van der Waals surface area contributed by atoms with Gasteiger partial charge in [0.15, 0.2) is 0 Å². The number of anilines is 1. The fourth-order valence-corrected chi connectivity index (χ4v) is 4.71. The molecule has 1 heterocycles. The average Bonchev–Trinajstić information content (AvgIpc) is 2.70. The summed E-state index contributed by atoms with van der Waals surface area (Å²) in [6, 6.07) is 5.78. The zero-order valence-electron chi connectivity index (χ0n) is 18.6. The van der Waals surface area contributed by atoms with Crippen LogP contribution < -0.4 is 10.2 Å². The second-order valence-electron chi connectivity index (χ2n) is 9.51. The van der Waals surface area contributed by atoms with E-state index in [1.807, 2.05) is 37.8 Å². The van der Waals surface area contributed by atoms with Gasteiger partial charge in [-0.05, 0) is 64.5 Å². The molecule has 0 spiro atoms. The lowest BCUT2D eigenvalue weighted by molar-refractivity contribution is -0.132. The second kappa shape index (κ2) is 10.3. The molecule has 0 unspecified atom stereocenters. The van der Waals surface area contributed by atoms with Crippen molar-refractivity contribution in [1.29, 1.82) is 0 Å². The summed E-state index contributed by atoms with van der Waals surface area (Å²) < 4.78 is 5.34. The third kappa shape index (κ3) is 6.91. The van der Waals surface area contributed by atoms with E-state index >= 15 is 0 Å². The summed E-state index contributed by atoms with van der Waals surface area (Å²) >= 11 is 12.5. The molecule has 0 atom stereocenters. The summed E-state index contributed by atoms with van der Waals surface area (Å²) in [4.78, 5) is 28.9. The van der Waals surface area contributed by atoms with Crippen molar-refractivity contribution >= 4 is 40.9 Å². The summed E-state index contributed by atoms with van der Waals surface area (Å²) in [5, 5.41) is 4.08. The summed E-state index contributed by atoms with van der Waals surface area (Å²) in [5.41, 5.74) is 0.438. The summed E-state index contributed by atoms with van der Waals surface area (Å²) in [7, 11) is 0. The Kier molecular flexibility index (Phi) is 7.98. The molecule has 172 valence electrons. The van der Waals surface area contributed by atoms with E-state index in [4.69, 9.17) is 27.9 Å². The van der Waals surface area contributed by atoms with Gasteiger partial charge in [0.05, 0.1) is 15.7 Å². The predicted molar refractivity (Wildman–Crippen MR) is 125 cm³/mol. The molecular weight excluding hydrogens is 437 g/mol. The molecule has 1 aliphatic carbocycles. The molecule has 1 aliphatic heterocycles. The van der Waals surface area contributed by atoms with Gasteiger partial charge < -0.3 is 19.9 Å². The monoisotopic (exact) mass is 469 g/mol. The van der Waals surface area contributed by atoms with Crippen LogP contribution in [0.4, 0.5) is 10.5 Å². The number of ether oxygens (including phenoxy) is 1. The van der Waals surface area contributed by atoms with Gasteiger partial charge in [0.1, 0.15) is 5.60 Å². The number of nitrogens with zero attached hydrogens (tertiary/aromatic N) is 2. The highest BCUT2D eigenvalue weighted by atomic mass is 35.5. The fraction of sp³-hybridized carbons (Fsp3) is 0.652. The molecule has 1 saturated heterocycles. The quantitative estimate of drug-likeness (QED) is 0.664. The summed E-state index contributed by atoms with van der Waals surface area (Å²) in [6.07, 6.45) is 3.90. The minimum absolute atomic E-state index is 0.132. The number of amides is 2. The minimum Gasteiger partial charge on any atom is -0.444 e. The Labute approximate surface area is 195 Å². The summed E-state index contributed by atoms with van der Waals surface area (Å²) in [6.45, 7) is 8.46. The largest absolute Gasteiger partial charge is 0.444 e. The molecule has 1 aromatic carbocycles. The molecule has 1 saturated carbocycles. The lowest BCUT2D eigenvalue weighted by Crippen LogP contribution is -2.49. The molecule has 8 heteroatoms. The molecule has 0 bridgehead atoms. The van der Waals surface area contributed by atoms with Gasteiger partial charge in [-0.3, -0.25) is 4.79 Å². The van der Waals surface area contributed by atoms with Gasteiger partial charge in [0.25, 0.3) is 0 Å². The third-order valence-corrected chi connectivity index (χ3v) is 6.74. The van der Waals surface area contributed by atoms with Gasteiger partial charge in [-0.1, -0.05) is 29.3 Å². The molecule has 2 aliphatic rings. The number of benzene rings is 1. The van der Waals surface area contributed by atoms with E-state index in [-0.39, 0.29) is 18.0 Å². The van der Waals surface area contributed by atoms with Gasteiger partial charge >= 0.3 is 6.09 Å². The molecule has 2 amide bonds.